The molecule has 0 spiro atoms. The first-order valence-electron chi connectivity index (χ1n) is 11.3. The van der Waals surface area contributed by atoms with E-state index in [1.807, 2.05) is 41.4 Å². The summed E-state index contributed by atoms with van der Waals surface area (Å²) in [6.07, 6.45) is 3.78. The van der Waals surface area contributed by atoms with E-state index in [4.69, 9.17) is 5.73 Å². The first kappa shape index (κ1) is 22.1. The van der Waals surface area contributed by atoms with Crippen molar-refractivity contribution in [2.75, 3.05) is 19.6 Å². The second-order valence-corrected chi connectivity index (χ2v) is 9.28. The molecule has 1 aliphatic rings. The number of hydrogen-bond acceptors (Lipinski definition) is 3. The lowest BCUT2D eigenvalue weighted by molar-refractivity contribution is -0.134. The maximum atomic E-state index is 13.7. The molecule has 0 saturated carbocycles. The Kier molecular flexibility index (Phi) is 6.33. The molecule has 1 unspecified atom stereocenters. The van der Waals surface area contributed by atoms with Gasteiger partial charge in [-0.1, -0.05) is 48.5 Å². The molecule has 6 heteroatoms. The third-order valence-electron chi connectivity index (χ3n) is 6.42. The molecule has 0 radical (unpaired) electrons. The summed E-state index contributed by atoms with van der Waals surface area (Å²) in [4.78, 5) is 31.3. The van der Waals surface area contributed by atoms with Gasteiger partial charge < -0.3 is 20.9 Å². The Bertz CT molecular complexity index is 1080. The van der Waals surface area contributed by atoms with E-state index in [0.29, 0.717) is 19.0 Å². The molecular formula is C26H32N4O2. The second-order valence-electron chi connectivity index (χ2n) is 9.28. The Morgan fingerprint density at radius 3 is 2.44 bits per heavy atom. The quantitative estimate of drug-likeness (QED) is 0.557. The third-order valence-corrected chi connectivity index (χ3v) is 6.42. The van der Waals surface area contributed by atoms with Gasteiger partial charge >= 0.3 is 0 Å². The van der Waals surface area contributed by atoms with Crippen LogP contribution in [0.3, 0.4) is 0 Å². The number of hydrogen-bond donors (Lipinski definition) is 3. The highest BCUT2D eigenvalue weighted by Crippen LogP contribution is 2.31. The van der Waals surface area contributed by atoms with E-state index in [9.17, 15) is 9.59 Å². The molecule has 168 valence electrons. The number of likely N-dealkylation sites (tertiary alicyclic amines) is 1. The minimum absolute atomic E-state index is 0.0522. The van der Waals surface area contributed by atoms with E-state index in [1.54, 1.807) is 13.8 Å². The van der Waals surface area contributed by atoms with Gasteiger partial charge in [-0.3, -0.25) is 9.59 Å². The number of rotatable bonds is 6. The topological polar surface area (TPSA) is 91.2 Å². The van der Waals surface area contributed by atoms with Crippen molar-refractivity contribution in [3.8, 4) is 0 Å². The van der Waals surface area contributed by atoms with Crippen LogP contribution < -0.4 is 11.1 Å². The molecule has 1 aromatic heterocycles. The highest BCUT2D eigenvalue weighted by atomic mass is 16.2. The number of benzene rings is 2. The molecule has 0 bridgehead atoms. The molecule has 3 aromatic rings. The molecule has 4 N–H and O–H groups in total. The van der Waals surface area contributed by atoms with Crippen LogP contribution in [-0.4, -0.2) is 46.9 Å². The van der Waals surface area contributed by atoms with Crippen LogP contribution in [0.2, 0.25) is 0 Å². The van der Waals surface area contributed by atoms with E-state index < -0.39 is 11.5 Å². The van der Waals surface area contributed by atoms with E-state index in [-0.39, 0.29) is 18.4 Å². The monoisotopic (exact) mass is 432 g/mol. The molecule has 6 nitrogen and oxygen atoms in total. The lowest BCUT2D eigenvalue weighted by Gasteiger charge is -2.34. The highest BCUT2D eigenvalue weighted by Gasteiger charge is 2.32. The zero-order valence-corrected chi connectivity index (χ0v) is 18.8. The predicted octanol–water partition coefficient (Wildman–Crippen LogP) is 3.51. The number of amides is 2. The van der Waals surface area contributed by atoms with Crippen molar-refractivity contribution in [1.82, 2.24) is 15.2 Å². The minimum atomic E-state index is -0.998. The van der Waals surface area contributed by atoms with Crippen LogP contribution in [0.15, 0.2) is 60.8 Å². The number of carbonyl (C=O) groups excluding carboxylic acids is 2. The zero-order valence-electron chi connectivity index (χ0n) is 18.8. The highest BCUT2D eigenvalue weighted by molar-refractivity contribution is 5.93. The number of nitrogens with zero attached hydrogens (tertiary/aromatic N) is 1. The van der Waals surface area contributed by atoms with Gasteiger partial charge in [0.1, 0.15) is 0 Å². The van der Waals surface area contributed by atoms with E-state index in [2.05, 4.69) is 34.6 Å². The fraction of sp³-hybridized carbons (Fsp3) is 0.385. The number of nitrogens with one attached hydrogen (secondary N) is 2. The van der Waals surface area contributed by atoms with Gasteiger partial charge in [0.15, 0.2) is 0 Å². The summed E-state index contributed by atoms with van der Waals surface area (Å²) in [5.41, 5.74) is 8.18. The van der Waals surface area contributed by atoms with Gasteiger partial charge in [-0.05, 0) is 49.8 Å². The van der Waals surface area contributed by atoms with Crippen LogP contribution in [0.1, 0.15) is 49.7 Å². The van der Waals surface area contributed by atoms with Crippen molar-refractivity contribution in [1.29, 1.82) is 0 Å². The van der Waals surface area contributed by atoms with Gasteiger partial charge in [-0.2, -0.15) is 0 Å². The van der Waals surface area contributed by atoms with Gasteiger partial charge in [0.2, 0.25) is 11.8 Å². The van der Waals surface area contributed by atoms with E-state index >= 15 is 0 Å². The van der Waals surface area contributed by atoms with Crippen LogP contribution in [0.5, 0.6) is 0 Å². The van der Waals surface area contributed by atoms with Crippen LogP contribution in [0.25, 0.3) is 10.9 Å². The van der Waals surface area contributed by atoms with Gasteiger partial charge in [-0.15, -0.1) is 0 Å². The van der Waals surface area contributed by atoms with Gasteiger partial charge in [0.25, 0.3) is 0 Å². The number of fused-ring (bicyclic) bond motifs is 1. The number of para-hydroxylation sites is 1. The average Bonchev–Trinajstić information content (AvgIpc) is 3.23. The molecule has 2 amide bonds. The van der Waals surface area contributed by atoms with Gasteiger partial charge in [-0.25, -0.2) is 0 Å². The molecule has 1 saturated heterocycles. The number of piperidine rings is 1. The Labute approximate surface area is 189 Å². The fourth-order valence-electron chi connectivity index (χ4n) is 4.51. The number of aromatic amines is 1. The van der Waals surface area contributed by atoms with E-state index in [0.717, 1.165) is 29.3 Å². The number of aromatic nitrogens is 1. The zero-order chi connectivity index (χ0) is 22.7. The van der Waals surface area contributed by atoms with Crippen LogP contribution >= 0.6 is 0 Å². The van der Waals surface area contributed by atoms with Crippen molar-refractivity contribution in [3.63, 3.8) is 0 Å². The number of H-pyrrole nitrogens is 1. The maximum absolute atomic E-state index is 13.7. The van der Waals surface area contributed by atoms with Gasteiger partial charge in [0.05, 0.1) is 11.5 Å². The Morgan fingerprint density at radius 2 is 1.75 bits per heavy atom. The summed E-state index contributed by atoms with van der Waals surface area (Å²) in [6.45, 7) is 4.98. The summed E-state index contributed by atoms with van der Waals surface area (Å²) >= 11 is 0. The smallest absolute Gasteiger partial charge is 0.239 e. The molecule has 2 aromatic carbocycles. The molecule has 1 aliphatic heterocycles. The summed E-state index contributed by atoms with van der Waals surface area (Å²) in [5.74, 6) is -0.204. The van der Waals surface area contributed by atoms with Crippen LogP contribution in [0.4, 0.5) is 0 Å². The van der Waals surface area contributed by atoms with Crippen molar-refractivity contribution in [2.45, 2.75) is 44.1 Å². The van der Waals surface area contributed by atoms with Crippen molar-refractivity contribution < 1.29 is 9.59 Å². The normalized spacial score (nSPS) is 16.2. The summed E-state index contributed by atoms with van der Waals surface area (Å²) < 4.78 is 0. The average molecular weight is 433 g/mol. The molecular weight excluding hydrogens is 400 g/mol. The van der Waals surface area contributed by atoms with Crippen LogP contribution in [0, 0.1) is 0 Å². The maximum Gasteiger partial charge on any atom is 0.239 e. The molecule has 0 aliphatic carbocycles. The number of nitrogens with two attached hydrogens (primary N) is 1. The third kappa shape index (κ3) is 4.70. The number of carbonyl (C=O) groups is 2. The standard InChI is InChI=1S/C26H32N4O2/c1-26(2,27)25(32)29-17-22(21-16-28-23-11-7-6-10-20(21)23)24(31)30-14-12-19(13-15-30)18-8-4-3-5-9-18/h3-11,16,19,22,28H,12-15,17,27H2,1-2H3,(H,29,32). The summed E-state index contributed by atoms with van der Waals surface area (Å²) in [7, 11) is 0. The molecule has 2 heterocycles. The lowest BCUT2D eigenvalue weighted by atomic mass is 9.88. The molecule has 1 fully saturated rings. The first-order valence-corrected chi connectivity index (χ1v) is 11.3. The minimum Gasteiger partial charge on any atom is -0.361 e. The molecule has 1 atom stereocenters. The van der Waals surface area contributed by atoms with Crippen molar-refractivity contribution in [3.05, 3.63) is 71.9 Å². The largest absolute Gasteiger partial charge is 0.361 e. The Hall–Kier alpha value is -3.12. The molecule has 4 rings (SSSR count). The van der Waals surface area contributed by atoms with Crippen molar-refractivity contribution >= 4 is 22.7 Å². The second kappa shape index (κ2) is 9.17. The SMILES string of the molecule is CC(C)(N)C(=O)NCC(C(=O)N1CCC(c2ccccc2)CC1)c1c[nH]c2ccccc12. The van der Waals surface area contributed by atoms with Crippen molar-refractivity contribution in [2.24, 2.45) is 5.73 Å². The van der Waals surface area contributed by atoms with Gasteiger partial charge in [0, 0.05) is 36.7 Å². The van der Waals surface area contributed by atoms with Crippen LogP contribution in [-0.2, 0) is 9.59 Å². The Morgan fingerprint density at radius 1 is 1.09 bits per heavy atom. The fourth-order valence-corrected chi connectivity index (χ4v) is 4.51. The lowest BCUT2D eigenvalue weighted by Crippen LogP contribution is -2.51. The summed E-state index contributed by atoms with van der Waals surface area (Å²) in [5, 5.41) is 3.91. The summed E-state index contributed by atoms with van der Waals surface area (Å²) in [6, 6.07) is 18.4. The van der Waals surface area contributed by atoms with E-state index in [1.165, 1.54) is 5.56 Å². The predicted molar refractivity (Wildman–Crippen MR) is 127 cm³/mol. The first-order chi connectivity index (χ1) is 15.3. The Balaban J connectivity index is 1.53. The molecule has 32 heavy (non-hydrogen) atoms.